The molecule has 1 aliphatic rings. The van der Waals surface area contributed by atoms with Gasteiger partial charge in [0.1, 0.15) is 11.6 Å². The normalized spacial score (nSPS) is 22.1. The van der Waals surface area contributed by atoms with Gasteiger partial charge < -0.3 is 15.2 Å². The molecule has 1 saturated heterocycles. The molecule has 32 heavy (non-hydrogen) atoms. The molecule has 1 amide bonds. The maximum atomic E-state index is 13.2. The van der Waals surface area contributed by atoms with Crippen LogP contribution in [0.15, 0.2) is 23.1 Å². The second kappa shape index (κ2) is 9.57. The number of hydrogen-bond acceptors (Lipinski definition) is 7. The third-order valence-corrected chi connectivity index (χ3v) is 7.89. The van der Waals surface area contributed by atoms with Crippen LogP contribution in [0, 0.1) is 31.1 Å². The van der Waals surface area contributed by atoms with Gasteiger partial charge >= 0.3 is 5.97 Å². The van der Waals surface area contributed by atoms with Crippen molar-refractivity contribution in [1.82, 2.24) is 9.62 Å². The Kier molecular flexibility index (Phi) is 7.71. The van der Waals surface area contributed by atoms with Crippen LogP contribution in [-0.4, -0.2) is 60.0 Å². The number of rotatable bonds is 7. The number of carbonyl (C=O) groups excluding carboxylic acids is 2. The summed E-state index contributed by atoms with van der Waals surface area (Å²) < 4.78 is 32.5. The summed E-state index contributed by atoms with van der Waals surface area (Å²) in [5, 5.41) is 22.0. The van der Waals surface area contributed by atoms with Crippen LogP contribution in [0.1, 0.15) is 45.2 Å². The van der Waals surface area contributed by atoms with E-state index >= 15 is 0 Å². The average molecular weight is 466 g/mol. The molecule has 10 heteroatoms. The van der Waals surface area contributed by atoms with Gasteiger partial charge in [-0.3, -0.25) is 9.59 Å². The zero-order valence-corrected chi connectivity index (χ0v) is 20.1. The van der Waals surface area contributed by atoms with Gasteiger partial charge in [0.25, 0.3) is 5.91 Å². The lowest BCUT2D eigenvalue weighted by Crippen LogP contribution is -2.53. The fourth-order valence-electron chi connectivity index (χ4n) is 3.24. The summed E-state index contributed by atoms with van der Waals surface area (Å²) in [6.45, 7) is 9.84. The molecule has 9 nitrogen and oxygen atoms in total. The minimum absolute atomic E-state index is 0.0139. The van der Waals surface area contributed by atoms with E-state index in [0.717, 1.165) is 15.4 Å². The molecule has 0 spiro atoms. The summed E-state index contributed by atoms with van der Waals surface area (Å²) in [6.07, 6.45) is -2.43. The first-order valence-corrected chi connectivity index (χ1v) is 11.9. The Labute approximate surface area is 189 Å². The van der Waals surface area contributed by atoms with E-state index in [9.17, 15) is 28.4 Å². The number of amides is 1. The van der Waals surface area contributed by atoms with Crippen LogP contribution in [0.3, 0.4) is 0 Å². The first kappa shape index (κ1) is 25.8. The second-order valence-electron chi connectivity index (χ2n) is 8.76. The fourth-order valence-corrected chi connectivity index (χ4v) is 4.95. The molecule has 0 bridgehead atoms. The van der Waals surface area contributed by atoms with Gasteiger partial charge in [0.05, 0.1) is 17.1 Å². The molecule has 0 radical (unpaired) electrons. The van der Waals surface area contributed by atoms with Crippen molar-refractivity contribution in [1.29, 1.82) is 5.26 Å². The van der Waals surface area contributed by atoms with E-state index in [2.05, 4.69) is 5.32 Å². The van der Waals surface area contributed by atoms with E-state index in [4.69, 9.17) is 4.74 Å². The highest BCUT2D eigenvalue weighted by atomic mass is 32.2. The molecule has 2 N–H and O–H groups in total. The van der Waals surface area contributed by atoms with Gasteiger partial charge in [-0.15, -0.1) is 0 Å². The van der Waals surface area contributed by atoms with Crippen molar-refractivity contribution in [3.05, 3.63) is 29.3 Å². The number of β-amino-alcohol motifs (C(OH)–C–C–N with tert-alkyl or cyclic N) is 1. The number of ether oxygens (including phenoxy) is 1. The van der Waals surface area contributed by atoms with Crippen LogP contribution < -0.4 is 5.32 Å². The van der Waals surface area contributed by atoms with Gasteiger partial charge in [-0.05, 0) is 56.9 Å². The highest BCUT2D eigenvalue weighted by Gasteiger charge is 2.45. The quantitative estimate of drug-likeness (QED) is 0.581. The highest BCUT2D eigenvalue weighted by molar-refractivity contribution is 7.89. The smallest absolute Gasteiger partial charge is 0.325 e. The molecule has 176 valence electrons. The van der Waals surface area contributed by atoms with E-state index in [-0.39, 0.29) is 23.8 Å². The monoisotopic (exact) mass is 465 g/mol. The molecule has 1 fully saturated rings. The van der Waals surface area contributed by atoms with Gasteiger partial charge in [0, 0.05) is 13.0 Å². The summed E-state index contributed by atoms with van der Waals surface area (Å²) in [6, 6.07) is 5.42. The number of aryl methyl sites for hydroxylation is 2. The van der Waals surface area contributed by atoms with Crippen LogP contribution in [0.25, 0.3) is 0 Å². The van der Waals surface area contributed by atoms with Gasteiger partial charge in [-0.25, -0.2) is 8.42 Å². The molecule has 1 aromatic carbocycles. The lowest BCUT2D eigenvalue weighted by Gasteiger charge is -2.29. The molecule has 0 aromatic heterocycles. The number of sulfonamides is 1. The number of nitriles is 1. The molecular weight excluding hydrogens is 434 g/mol. The van der Waals surface area contributed by atoms with Crippen LogP contribution >= 0.6 is 0 Å². The Morgan fingerprint density at radius 2 is 1.91 bits per heavy atom. The number of hydrogen-bond donors (Lipinski definition) is 2. The lowest BCUT2D eigenvalue weighted by molar-refractivity contribution is -0.158. The number of aliphatic hydroxyl groups is 1. The fraction of sp³-hybridized carbons (Fsp3) is 0.591. The zero-order valence-electron chi connectivity index (χ0n) is 19.2. The summed E-state index contributed by atoms with van der Waals surface area (Å²) in [7, 11) is -4.08. The van der Waals surface area contributed by atoms with Gasteiger partial charge in [-0.1, -0.05) is 19.9 Å². The predicted octanol–water partition coefficient (Wildman–Crippen LogP) is 1.41. The van der Waals surface area contributed by atoms with Crippen molar-refractivity contribution in [3.8, 4) is 6.07 Å². The molecule has 0 aliphatic carbocycles. The van der Waals surface area contributed by atoms with E-state index in [1.54, 1.807) is 33.8 Å². The first-order chi connectivity index (χ1) is 14.7. The number of benzene rings is 1. The Bertz CT molecular complexity index is 1030. The lowest BCUT2D eigenvalue weighted by atomic mass is 9.90. The SMILES string of the molecule is Cc1ccc(S(=O)(=O)N2CC(O)CC2C(=O)OC(C)C(=O)NC(C)(C#N)C(C)C)cc1C. The van der Waals surface area contributed by atoms with Crippen LogP contribution in [-0.2, 0) is 24.3 Å². The molecule has 2 rings (SSSR count). The minimum atomic E-state index is -4.08. The molecule has 1 heterocycles. The van der Waals surface area contributed by atoms with Crippen LogP contribution in [0.5, 0.6) is 0 Å². The van der Waals surface area contributed by atoms with E-state index < -0.39 is 45.7 Å². The Balaban J connectivity index is 2.20. The van der Waals surface area contributed by atoms with Crippen molar-refractivity contribution < 1.29 is 27.9 Å². The summed E-state index contributed by atoms with van der Waals surface area (Å²) >= 11 is 0. The molecule has 1 aliphatic heterocycles. The Morgan fingerprint density at radius 1 is 1.28 bits per heavy atom. The van der Waals surface area contributed by atoms with Crippen molar-refractivity contribution in [2.24, 2.45) is 5.92 Å². The Hall–Kier alpha value is -2.48. The minimum Gasteiger partial charge on any atom is -0.451 e. The van der Waals surface area contributed by atoms with Crippen molar-refractivity contribution in [3.63, 3.8) is 0 Å². The van der Waals surface area contributed by atoms with Crippen LogP contribution in [0.2, 0.25) is 0 Å². The van der Waals surface area contributed by atoms with Crippen molar-refractivity contribution in [2.45, 2.75) is 76.6 Å². The first-order valence-electron chi connectivity index (χ1n) is 10.4. The van der Waals surface area contributed by atoms with Crippen molar-refractivity contribution >= 4 is 21.9 Å². The molecule has 0 saturated carbocycles. The van der Waals surface area contributed by atoms with E-state index in [1.165, 1.54) is 19.1 Å². The number of aliphatic hydroxyl groups excluding tert-OH is 1. The number of nitrogens with one attached hydrogen (secondary N) is 1. The molecule has 4 unspecified atom stereocenters. The van der Waals surface area contributed by atoms with Gasteiger partial charge in [0.15, 0.2) is 6.10 Å². The highest BCUT2D eigenvalue weighted by Crippen LogP contribution is 2.28. The maximum absolute atomic E-state index is 13.2. The molecular formula is C22H31N3O6S. The number of nitrogens with zero attached hydrogens (tertiary/aromatic N) is 2. The molecule has 4 atom stereocenters. The maximum Gasteiger partial charge on any atom is 0.325 e. The number of carbonyl (C=O) groups is 2. The second-order valence-corrected chi connectivity index (χ2v) is 10.7. The van der Waals surface area contributed by atoms with Crippen molar-refractivity contribution in [2.75, 3.05) is 6.54 Å². The Morgan fingerprint density at radius 3 is 2.44 bits per heavy atom. The van der Waals surface area contributed by atoms with E-state index in [1.807, 2.05) is 13.0 Å². The van der Waals surface area contributed by atoms with Gasteiger partial charge in [-0.2, -0.15) is 9.57 Å². The van der Waals surface area contributed by atoms with Gasteiger partial charge in [0.2, 0.25) is 10.0 Å². The number of esters is 1. The topological polar surface area (TPSA) is 137 Å². The van der Waals surface area contributed by atoms with Crippen LogP contribution in [0.4, 0.5) is 0 Å². The summed E-state index contributed by atoms with van der Waals surface area (Å²) in [4.78, 5) is 25.3. The van der Waals surface area contributed by atoms with E-state index in [0.29, 0.717) is 0 Å². The third kappa shape index (κ3) is 5.28. The summed E-state index contributed by atoms with van der Waals surface area (Å²) in [5.74, 6) is -1.79. The largest absolute Gasteiger partial charge is 0.451 e. The average Bonchev–Trinajstić information content (AvgIpc) is 3.12. The standard InChI is InChI=1S/C22H31N3O6S/c1-13(2)22(6,12-23)24-20(27)16(5)31-21(28)19-10-17(26)11-25(19)32(29,30)18-8-7-14(3)15(4)9-18/h7-9,13,16-17,19,26H,10-11H2,1-6H3,(H,24,27). The summed E-state index contributed by atoms with van der Waals surface area (Å²) in [5.41, 5.74) is 0.549. The third-order valence-electron chi connectivity index (χ3n) is 6.02. The predicted molar refractivity (Wildman–Crippen MR) is 117 cm³/mol. The zero-order chi connectivity index (χ0) is 24.4. The molecule has 1 aromatic rings.